The number of hydrogen-bond acceptors (Lipinski definition) is 8. The average molecular weight is 551 g/mol. The van der Waals surface area contributed by atoms with Crippen LogP contribution < -0.4 is 14.8 Å². The van der Waals surface area contributed by atoms with Gasteiger partial charge in [-0.15, -0.1) is 18.3 Å². The van der Waals surface area contributed by atoms with E-state index in [1.807, 2.05) is 0 Å². The Balaban J connectivity index is 1.79. The minimum atomic E-state index is -4.86. The number of aromatic nitrogens is 3. The molecule has 34 heavy (non-hydrogen) atoms. The molecule has 0 fully saturated rings. The number of halogens is 7. The van der Waals surface area contributed by atoms with Crippen LogP contribution in [0.1, 0.15) is 5.56 Å². The first-order valence-electron chi connectivity index (χ1n) is 9.16. The Morgan fingerprint density at radius 2 is 1.62 bits per heavy atom. The number of nitrogens with one attached hydrogen (secondary N) is 1. The zero-order valence-corrected chi connectivity index (χ0v) is 18.3. The maximum Gasteiger partial charge on any atom is 0.573 e. The van der Waals surface area contributed by atoms with E-state index in [1.54, 1.807) is 24.3 Å². The molecule has 8 nitrogen and oxygen atoms in total. The Morgan fingerprint density at radius 3 is 2.26 bits per heavy atom. The fraction of sp³-hybridized carbons (Fsp3) is 0.211. The summed E-state index contributed by atoms with van der Waals surface area (Å²) < 4.78 is 83.5. The van der Waals surface area contributed by atoms with Crippen molar-refractivity contribution in [1.82, 2.24) is 15.0 Å². The lowest BCUT2D eigenvalue weighted by Crippen LogP contribution is -2.20. The molecule has 1 aromatic heterocycles. The molecule has 180 valence electrons. The molecule has 0 saturated carbocycles. The van der Waals surface area contributed by atoms with Gasteiger partial charge in [-0.3, -0.25) is 0 Å². The molecule has 1 N–H and O–H groups in total. The van der Waals surface area contributed by atoms with Crippen LogP contribution in [0.5, 0.6) is 11.8 Å². The molecule has 0 unspecified atom stereocenters. The zero-order valence-electron chi connectivity index (χ0n) is 16.7. The molecule has 0 amide bonds. The van der Waals surface area contributed by atoms with Crippen LogP contribution in [0, 0.1) is 0 Å². The predicted molar refractivity (Wildman–Crippen MR) is 110 cm³/mol. The second kappa shape index (κ2) is 10.6. The topological polar surface area (TPSA) is 93.9 Å². The minimum absolute atomic E-state index is 0.120. The fourth-order valence-corrected chi connectivity index (χ4v) is 2.74. The number of nitrogens with zero attached hydrogens (tertiary/aromatic N) is 5. The maximum atomic E-state index is 12.5. The van der Waals surface area contributed by atoms with Gasteiger partial charge in [0, 0.05) is 10.2 Å². The van der Waals surface area contributed by atoms with E-state index < -0.39 is 30.9 Å². The van der Waals surface area contributed by atoms with Crippen molar-refractivity contribution in [2.75, 3.05) is 11.9 Å². The Kier molecular flexibility index (Phi) is 7.86. The van der Waals surface area contributed by atoms with Gasteiger partial charge in [-0.25, -0.2) is 0 Å². The highest BCUT2D eigenvalue weighted by Gasteiger charge is 2.31. The van der Waals surface area contributed by atoms with Crippen molar-refractivity contribution < 1.29 is 35.8 Å². The molecule has 0 radical (unpaired) electrons. The van der Waals surface area contributed by atoms with E-state index in [1.165, 1.54) is 12.1 Å². The Hall–Kier alpha value is -3.49. The summed E-state index contributed by atoms with van der Waals surface area (Å²) in [7, 11) is 0. The molecule has 3 rings (SSSR count). The van der Waals surface area contributed by atoms with E-state index in [0.29, 0.717) is 0 Å². The molecule has 15 heteroatoms. The third-order valence-electron chi connectivity index (χ3n) is 3.67. The highest BCUT2D eigenvalue weighted by molar-refractivity contribution is 9.10. The molecular weight excluding hydrogens is 538 g/mol. The number of alkyl halides is 6. The van der Waals surface area contributed by atoms with Crippen molar-refractivity contribution in [1.29, 1.82) is 0 Å². The summed E-state index contributed by atoms with van der Waals surface area (Å²) in [6, 6.07) is 11.0. The summed E-state index contributed by atoms with van der Waals surface area (Å²) >= 11 is 3.35. The number of hydrogen-bond donors (Lipinski definition) is 1. The number of rotatable bonds is 8. The Bertz CT molecular complexity index is 1140. The smallest absolute Gasteiger partial charge is 0.454 e. The van der Waals surface area contributed by atoms with E-state index in [2.05, 4.69) is 55.9 Å². The minimum Gasteiger partial charge on any atom is -0.454 e. The summed E-state index contributed by atoms with van der Waals surface area (Å²) in [6.45, 7) is -1.54. The van der Waals surface area contributed by atoms with Gasteiger partial charge in [0.1, 0.15) is 5.75 Å². The highest BCUT2D eigenvalue weighted by Crippen LogP contribution is 2.26. The molecule has 3 aromatic rings. The van der Waals surface area contributed by atoms with Gasteiger partial charge in [0.05, 0.1) is 6.54 Å². The van der Waals surface area contributed by atoms with Crippen LogP contribution in [0.2, 0.25) is 0 Å². The molecule has 2 aromatic carbocycles. The van der Waals surface area contributed by atoms with Crippen LogP contribution in [0.3, 0.4) is 0 Å². The van der Waals surface area contributed by atoms with Crippen molar-refractivity contribution in [3.8, 4) is 11.8 Å². The van der Waals surface area contributed by atoms with E-state index in [0.717, 1.165) is 22.2 Å². The molecule has 0 saturated heterocycles. The van der Waals surface area contributed by atoms with Gasteiger partial charge in [-0.1, -0.05) is 34.1 Å². The predicted octanol–water partition coefficient (Wildman–Crippen LogP) is 6.50. The van der Waals surface area contributed by atoms with Crippen LogP contribution in [0.15, 0.2) is 63.2 Å². The van der Waals surface area contributed by atoms with E-state index in [9.17, 15) is 26.3 Å². The summed E-state index contributed by atoms with van der Waals surface area (Å²) in [5, 5.41) is 10.3. The van der Waals surface area contributed by atoms with Crippen molar-refractivity contribution in [3.63, 3.8) is 0 Å². The fourth-order valence-electron chi connectivity index (χ4n) is 2.33. The third-order valence-corrected chi connectivity index (χ3v) is 4.44. The molecule has 0 aliphatic carbocycles. The highest BCUT2D eigenvalue weighted by atomic mass is 79.9. The van der Waals surface area contributed by atoms with Crippen LogP contribution in [-0.2, 0) is 6.54 Å². The largest absolute Gasteiger partial charge is 0.573 e. The van der Waals surface area contributed by atoms with Gasteiger partial charge in [-0.2, -0.15) is 33.2 Å². The number of anilines is 2. The lowest BCUT2D eigenvalue weighted by atomic mass is 10.2. The van der Waals surface area contributed by atoms with Gasteiger partial charge in [0.2, 0.25) is 5.95 Å². The van der Waals surface area contributed by atoms with Crippen LogP contribution in [0.25, 0.3) is 0 Å². The third kappa shape index (κ3) is 8.46. The van der Waals surface area contributed by atoms with E-state index in [4.69, 9.17) is 0 Å². The van der Waals surface area contributed by atoms with Crippen LogP contribution >= 0.6 is 15.9 Å². The first-order chi connectivity index (χ1) is 16.0. The Morgan fingerprint density at radius 1 is 0.912 bits per heavy atom. The first kappa shape index (κ1) is 25.1. The first-order valence-corrected chi connectivity index (χ1v) is 9.95. The van der Waals surface area contributed by atoms with Gasteiger partial charge in [0.15, 0.2) is 6.61 Å². The van der Waals surface area contributed by atoms with Crippen molar-refractivity contribution in [2.45, 2.75) is 19.1 Å². The lowest BCUT2D eigenvalue weighted by molar-refractivity contribution is -0.274. The second-order valence-corrected chi connectivity index (χ2v) is 7.19. The summed E-state index contributed by atoms with van der Waals surface area (Å²) in [5.41, 5.74) is 0.993. The van der Waals surface area contributed by atoms with Gasteiger partial charge >= 0.3 is 18.5 Å². The van der Waals surface area contributed by atoms with Crippen LogP contribution in [0.4, 0.5) is 43.9 Å². The van der Waals surface area contributed by atoms with Gasteiger partial charge in [-0.05, 0) is 35.9 Å². The second-order valence-electron chi connectivity index (χ2n) is 6.33. The lowest BCUT2D eigenvalue weighted by Gasteiger charge is -2.11. The monoisotopic (exact) mass is 550 g/mol. The van der Waals surface area contributed by atoms with E-state index >= 15 is 0 Å². The molecule has 0 aliphatic rings. The van der Waals surface area contributed by atoms with Crippen molar-refractivity contribution in [2.24, 2.45) is 10.2 Å². The molecule has 0 aliphatic heterocycles. The molecular formula is C19H13BrF6N6O2. The van der Waals surface area contributed by atoms with E-state index in [-0.39, 0.29) is 24.1 Å². The van der Waals surface area contributed by atoms with Gasteiger partial charge < -0.3 is 14.8 Å². The number of azo groups is 1. The zero-order chi connectivity index (χ0) is 24.8. The van der Waals surface area contributed by atoms with Gasteiger partial charge in [0.25, 0.3) is 5.95 Å². The standard InChI is InChI=1S/C19H13BrF6N6O2/c20-14-4-2-1-3-11(14)9-27-32-16-29-15(30-17(31-16)33-10-18(21,22)23)28-12-5-7-13(8-6-12)34-19(24,25)26/h1-8H,9-10H2,(H,28,29,30,31). The molecule has 0 atom stereocenters. The Labute approximate surface area is 196 Å². The summed E-state index contributed by atoms with van der Waals surface area (Å²) in [6.07, 6.45) is -9.50. The normalized spacial score (nSPS) is 12.1. The number of ether oxygens (including phenoxy) is 2. The quantitative estimate of drug-likeness (QED) is 0.254. The average Bonchev–Trinajstić information content (AvgIpc) is 2.74. The van der Waals surface area contributed by atoms with Crippen LogP contribution in [-0.4, -0.2) is 34.1 Å². The molecule has 1 heterocycles. The summed E-state index contributed by atoms with van der Waals surface area (Å²) in [4.78, 5) is 11.3. The van der Waals surface area contributed by atoms with Crippen molar-refractivity contribution in [3.05, 3.63) is 58.6 Å². The summed E-state index contributed by atoms with van der Waals surface area (Å²) in [5.74, 6) is -1.09. The van der Waals surface area contributed by atoms with Crippen molar-refractivity contribution >= 4 is 33.5 Å². The SMILES string of the molecule is FC(F)(F)COc1nc(N=NCc2ccccc2Br)nc(Nc2ccc(OC(F)(F)F)cc2)n1. The maximum absolute atomic E-state index is 12.5. The molecule has 0 spiro atoms. The number of benzene rings is 2. The molecule has 0 bridgehead atoms.